The second-order valence-electron chi connectivity index (χ2n) is 5.56. The summed E-state index contributed by atoms with van der Waals surface area (Å²) in [6.07, 6.45) is 1.53. The van der Waals surface area contributed by atoms with Crippen molar-refractivity contribution in [1.82, 2.24) is 15.6 Å². The number of ether oxygens (including phenoxy) is 2. The van der Waals surface area contributed by atoms with Crippen LogP contribution >= 0.6 is 0 Å². The van der Waals surface area contributed by atoms with Gasteiger partial charge in [0, 0.05) is 30.5 Å². The fourth-order valence-electron chi connectivity index (χ4n) is 2.34. The molecule has 1 aliphatic heterocycles. The summed E-state index contributed by atoms with van der Waals surface area (Å²) < 4.78 is 10.9. The number of fused-ring (bicyclic) bond motifs is 1. The minimum atomic E-state index is -0.233. The standard InChI is InChI=1S/C18H19N3O4/c1-12-2-3-14(11-21-12)18(23)20-7-6-19-17(22)13-4-5-15-16(10-13)25-9-8-24-15/h2-5,10-11H,6-9H2,1H3,(H,19,22)(H,20,23). The first-order valence-electron chi connectivity index (χ1n) is 8.02. The highest BCUT2D eigenvalue weighted by Crippen LogP contribution is 2.30. The predicted molar refractivity (Wildman–Crippen MR) is 91.1 cm³/mol. The van der Waals surface area contributed by atoms with E-state index in [9.17, 15) is 9.59 Å². The summed E-state index contributed by atoms with van der Waals surface area (Å²) in [5.41, 5.74) is 1.82. The van der Waals surface area contributed by atoms with Gasteiger partial charge in [-0.3, -0.25) is 14.6 Å². The lowest BCUT2D eigenvalue weighted by atomic mass is 10.2. The van der Waals surface area contributed by atoms with Crippen LogP contribution < -0.4 is 20.1 Å². The fourth-order valence-corrected chi connectivity index (χ4v) is 2.34. The van der Waals surface area contributed by atoms with Crippen LogP contribution in [0.4, 0.5) is 0 Å². The molecule has 25 heavy (non-hydrogen) atoms. The first-order valence-corrected chi connectivity index (χ1v) is 8.02. The molecule has 1 aromatic heterocycles. The van der Waals surface area contributed by atoms with Crippen molar-refractivity contribution in [2.75, 3.05) is 26.3 Å². The van der Waals surface area contributed by atoms with Gasteiger partial charge in [0.2, 0.25) is 0 Å². The zero-order valence-electron chi connectivity index (χ0n) is 13.9. The van der Waals surface area contributed by atoms with Gasteiger partial charge in [0.05, 0.1) is 5.56 Å². The summed E-state index contributed by atoms with van der Waals surface area (Å²) in [6.45, 7) is 3.48. The molecule has 2 aromatic rings. The van der Waals surface area contributed by atoms with Gasteiger partial charge >= 0.3 is 0 Å². The Kier molecular flexibility index (Phi) is 5.13. The lowest BCUT2D eigenvalue weighted by Crippen LogP contribution is -2.34. The summed E-state index contributed by atoms with van der Waals surface area (Å²) in [4.78, 5) is 28.2. The van der Waals surface area contributed by atoms with E-state index in [1.807, 2.05) is 6.92 Å². The molecule has 1 aliphatic rings. The van der Waals surface area contributed by atoms with Crippen LogP contribution in [0.25, 0.3) is 0 Å². The molecule has 0 saturated heterocycles. The molecule has 0 radical (unpaired) electrons. The van der Waals surface area contributed by atoms with Crippen molar-refractivity contribution in [2.45, 2.75) is 6.92 Å². The Hall–Kier alpha value is -3.09. The van der Waals surface area contributed by atoms with Crippen LogP contribution in [-0.2, 0) is 0 Å². The van der Waals surface area contributed by atoms with Gasteiger partial charge in [0.15, 0.2) is 11.5 Å². The molecule has 0 unspecified atom stereocenters. The third-order valence-corrected chi connectivity index (χ3v) is 3.67. The summed E-state index contributed by atoms with van der Waals surface area (Å²) in [6, 6.07) is 8.54. The van der Waals surface area contributed by atoms with Crippen LogP contribution in [-0.4, -0.2) is 43.1 Å². The van der Waals surface area contributed by atoms with Gasteiger partial charge in [0.25, 0.3) is 11.8 Å². The van der Waals surface area contributed by atoms with Crippen molar-refractivity contribution in [2.24, 2.45) is 0 Å². The number of nitrogens with one attached hydrogen (secondary N) is 2. The Morgan fingerprint density at radius 1 is 0.960 bits per heavy atom. The molecule has 0 spiro atoms. The first-order chi connectivity index (χ1) is 12.1. The molecule has 0 bridgehead atoms. The maximum atomic E-state index is 12.2. The van der Waals surface area contributed by atoms with Gasteiger partial charge in [-0.15, -0.1) is 0 Å². The van der Waals surface area contributed by atoms with E-state index in [-0.39, 0.29) is 11.8 Å². The van der Waals surface area contributed by atoms with E-state index in [0.717, 1.165) is 5.69 Å². The summed E-state index contributed by atoms with van der Waals surface area (Å²) in [7, 11) is 0. The van der Waals surface area contributed by atoms with Crippen molar-refractivity contribution in [3.05, 3.63) is 53.3 Å². The van der Waals surface area contributed by atoms with Gasteiger partial charge in [-0.25, -0.2) is 0 Å². The molecule has 2 amide bonds. The number of carbonyl (C=O) groups is 2. The molecule has 0 saturated carbocycles. The van der Waals surface area contributed by atoms with Crippen LogP contribution in [0.15, 0.2) is 36.5 Å². The van der Waals surface area contributed by atoms with Crippen LogP contribution in [0.5, 0.6) is 11.5 Å². The van der Waals surface area contributed by atoms with E-state index in [1.165, 1.54) is 6.20 Å². The molecule has 130 valence electrons. The quantitative estimate of drug-likeness (QED) is 0.801. The summed E-state index contributed by atoms with van der Waals surface area (Å²) in [5, 5.41) is 5.49. The molecule has 1 aromatic carbocycles. The third kappa shape index (κ3) is 4.26. The van der Waals surface area contributed by atoms with E-state index >= 15 is 0 Å². The number of aryl methyl sites for hydroxylation is 1. The Balaban J connectivity index is 1.46. The SMILES string of the molecule is Cc1ccc(C(=O)NCCNC(=O)c2ccc3c(c2)OCCO3)cn1. The minimum absolute atomic E-state index is 0.221. The van der Waals surface area contributed by atoms with Crippen molar-refractivity contribution in [3.8, 4) is 11.5 Å². The smallest absolute Gasteiger partial charge is 0.252 e. The van der Waals surface area contributed by atoms with Crippen LogP contribution in [0.1, 0.15) is 26.4 Å². The number of amides is 2. The maximum Gasteiger partial charge on any atom is 0.252 e. The average Bonchev–Trinajstić information content (AvgIpc) is 2.65. The number of aromatic nitrogens is 1. The highest BCUT2D eigenvalue weighted by atomic mass is 16.6. The second kappa shape index (κ2) is 7.65. The predicted octanol–water partition coefficient (Wildman–Crippen LogP) is 1.32. The maximum absolute atomic E-state index is 12.2. The van der Waals surface area contributed by atoms with Crippen molar-refractivity contribution in [3.63, 3.8) is 0 Å². The monoisotopic (exact) mass is 341 g/mol. The highest BCUT2D eigenvalue weighted by Gasteiger charge is 2.14. The highest BCUT2D eigenvalue weighted by molar-refractivity contribution is 5.95. The third-order valence-electron chi connectivity index (χ3n) is 3.67. The van der Waals surface area contributed by atoms with E-state index in [4.69, 9.17) is 9.47 Å². The van der Waals surface area contributed by atoms with Gasteiger partial charge in [0.1, 0.15) is 13.2 Å². The molecule has 2 heterocycles. The van der Waals surface area contributed by atoms with Crippen molar-refractivity contribution < 1.29 is 19.1 Å². The fraction of sp³-hybridized carbons (Fsp3) is 0.278. The van der Waals surface area contributed by atoms with Gasteiger partial charge in [-0.2, -0.15) is 0 Å². The normalized spacial score (nSPS) is 12.4. The second-order valence-corrected chi connectivity index (χ2v) is 5.56. The minimum Gasteiger partial charge on any atom is -0.486 e. The van der Waals surface area contributed by atoms with Crippen LogP contribution in [0, 0.1) is 6.92 Å². The first kappa shape index (κ1) is 16.8. The molecular weight excluding hydrogens is 322 g/mol. The largest absolute Gasteiger partial charge is 0.486 e. The molecule has 2 N–H and O–H groups in total. The number of rotatable bonds is 5. The molecule has 0 fully saturated rings. The molecule has 0 atom stereocenters. The molecular formula is C18H19N3O4. The zero-order chi connectivity index (χ0) is 17.6. The van der Waals surface area contributed by atoms with Gasteiger partial charge in [-0.1, -0.05) is 0 Å². The average molecular weight is 341 g/mol. The number of carbonyl (C=O) groups excluding carboxylic acids is 2. The topological polar surface area (TPSA) is 89.6 Å². The number of benzene rings is 1. The van der Waals surface area contributed by atoms with E-state index in [1.54, 1.807) is 30.3 Å². The summed E-state index contributed by atoms with van der Waals surface area (Å²) in [5.74, 6) is 0.755. The summed E-state index contributed by atoms with van der Waals surface area (Å²) >= 11 is 0. The van der Waals surface area contributed by atoms with Crippen LogP contribution in [0.3, 0.4) is 0 Å². The van der Waals surface area contributed by atoms with E-state index in [2.05, 4.69) is 15.6 Å². The lowest BCUT2D eigenvalue weighted by molar-refractivity contribution is 0.0927. The zero-order valence-corrected chi connectivity index (χ0v) is 13.9. The number of nitrogens with zero attached hydrogens (tertiary/aromatic N) is 1. The van der Waals surface area contributed by atoms with Crippen molar-refractivity contribution >= 4 is 11.8 Å². The van der Waals surface area contributed by atoms with Crippen molar-refractivity contribution in [1.29, 1.82) is 0 Å². The number of hydrogen-bond acceptors (Lipinski definition) is 5. The van der Waals surface area contributed by atoms with Gasteiger partial charge < -0.3 is 20.1 Å². The Morgan fingerprint density at radius 3 is 2.28 bits per heavy atom. The molecule has 0 aliphatic carbocycles. The molecule has 7 nitrogen and oxygen atoms in total. The molecule has 7 heteroatoms. The van der Waals surface area contributed by atoms with Crippen LogP contribution in [0.2, 0.25) is 0 Å². The Morgan fingerprint density at radius 2 is 1.60 bits per heavy atom. The van der Waals surface area contributed by atoms with E-state index < -0.39 is 0 Å². The number of hydrogen-bond donors (Lipinski definition) is 2. The molecule has 3 rings (SSSR count). The lowest BCUT2D eigenvalue weighted by Gasteiger charge is -2.18. The van der Waals surface area contributed by atoms with E-state index in [0.29, 0.717) is 48.9 Å². The Bertz CT molecular complexity index is 774. The van der Waals surface area contributed by atoms with Gasteiger partial charge in [-0.05, 0) is 37.3 Å². The Labute approximate surface area is 145 Å². The number of pyridine rings is 1.